The van der Waals surface area contributed by atoms with Crippen molar-refractivity contribution < 1.29 is 4.79 Å². The van der Waals surface area contributed by atoms with Crippen molar-refractivity contribution in [3.63, 3.8) is 0 Å². The third-order valence-corrected chi connectivity index (χ3v) is 3.78. The molecule has 2 aromatic rings. The van der Waals surface area contributed by atoms with Crippen LogP contribution in [0.15, 0.2) is 46.9 Å². The van der Waals surface area contributed by atoms with Crippen LogP contribution in [0.1, 0.15) is 16.7 Å². The zero-order valence-electron chi connectivity index (χ0n) is 12.2. The summed E-state index contributed by atoms with van der Waals surface area (Å²) in [6.45, 7) is 4.60. The largest absolute Gasteiger partial charge is 0.338 e. The minimum Gasteiger partial charge on any atom is -0.338 e. The summed E-state index contributed by atoms with van der Waals surface area (Å²) < 4.78 is 1.06. The maximum Gasteiger partial charge on any atom is 0.319 e. The van der Waals surface area contributed by atoms with E-state index in [1.807, 2.05) is 56.3 Å². The van der Waals surface area contributed by atoms with Crippen molar-refractivity contribution in [1.82, 2.24) is 5.32 Å². The van der Waals surface area contributed by atoms with Gasteiger partial charge in [-0.2, -0.15) is 0 Å². The lowest BCUT2D eigenvalue weighted by Crippen LogP contribution is -2.30. The van der Waals surface area contributed by atoms with Crippen LogP contribution in [0.25, 0.3) is 0 Å². The summed E-state index contributed by atoms with van der Waals surface area (Å²) in [4.78, 5) is 11.9. The van der Waals surface area contributed by atoms with Gasteiger partial charge < -0.3 is 10.6 Å². The predicted octanol–water partition coefficient (Wildman–Crippen LogP) is 4.43. The first-order chi connectivity index (χ1) is 10.0. The number of hydrogen-bond acceptors (Lipinski definition) is 1. The van der Waals surface area contributed by atoms with Gasteiger partial charge in [0, 0.05) is 16.7 Å². The van der Waals surface area contributed by atoms with Crippen LogP contribution in [-0.2, 0) is 6.42 Å². The van der Waals surface area contributed by atoms with Crippen LogP contribution in [0, 0.1) is 13.8 Å². The molecule has 0 bridgehead atoms. The molecule has 0 spiro atoms. The van der Waals surface area contributed by atoms with Crippen molar-refractivity contribution in [2.24, 2.45) is 0 Å². The number of benzene rings is 2. The summed E-state index contributed by atoms with van der Waals surface area (Å²) in [5.41, 5.74) is 4.25. The van der Waals surface area contributed by atoms with Gasteiger partial charge in [-0.1, -0.05) is 40.2 Å². The summed E-state index contributed by atoms with van der Waals surface area (Å²) in [7, 11) is 0. The van der Waals surface area contributed by atoms with E-state index < -0.39 is 0 Å². The van der Waals surface area contributed by atoms with Crippen LogP contribution in [0.2, 0.25) is 0 Å². The number of halogens is 1. The Bertz CT molecular complexity index is 623. The summed E-state index contributed by atoms with van der Waals surface area (Å²) in [5.74, 6) is 0. The van der Waals surface area contributed by atoms with Crippen LogP contribution >= 0.6 is 15.9 Å². The molecule has 0 aliphatic heterocycles. The average Bonchev–Trinajstić information content (AvgIpc) is 2.45. The molecule has 3 nitrogen and oxygen atoms in total. The van der Waals surface area contributed by atoms with Crippen LogP contribution < -0.4 is 10.6 Å². The quantitative estimate of drug-likeness (QED) is 0.844. The maximum absolute atomic E-state index is 11.9. The molecule has 0 aliphatic rings. The normalized spacial score (nSPS) is 10.2. The van der Waals surface area contributed by atoms with Crippen molar-refractivity contribution in [2.45, 2.75) is 20.3 Å². The molecule has 0 atom stereocenters. The fourth-order valence-corrected chi connectivity index (χ4v) is 2.27. The Morgan fingerprint density at radius 2 is 1.81 bits per heavy atom. The van der Waals surface area contributed by atoms with E-state index in [4.69, 9.17) is 0 Å². The summed E-state index contributed by atoms with van der Waals surface area (Å²) >= 11 is 3.41. The Kier molecular flexibility index (Phi) is 5.39. The Morgan fingerprint density at radius 3 is 2.52 bits per heavy atom. The van der Waals surface area contributed by atoms with E-state index in [1.165, 1.54) is 5.56 Å². The molecular weight excluding hydrogens is 328 g/mol. The fourth-order valence-electron chi connectivity index (χ4n) is 2.01. The lowest BCUT2D eigenvalue weighted by molar-refractivity contribution is 0.252. The molecule has 0 saturated heterocycles. The topological polar surface area (TPSA) is 41.1 Å². The van der Waals surface area contributed by atoms with Gasteiger partial charge in [0.05, 0.1) is 0 Å². The van der Waals surface area contributed by atoms with Gasteiger partial charge >= 0.3 is 6.03 Å². The zero-order chi connectivity index (χ0) is 15.2. The van der Waals surface area contributed by atoms with Crippen LogP contribution in [0.4, 0.5) is 10.5 Å². The van der Waals surface area contributed by atoms with E-state index in [2.05, 4.69) is 26.6 Å². The summed E-state index contributed by atoms with van der Waals surface area (Å²) in [6, 6.07) is 14.0. The number of hydrogen-bond donors (Lipinski definition) is 2. The third kappa shape index (κ3) is 4.90. The molecular formula is C17H19BrN2O. The molecule has 4 heteroatoms. The number of amides is 2. The number of rotatable bonds is 4. The Labute approximate surface area is 133 Å². The fraction of sp³-hybridized carbons (Fsp3) is 0.235. The Hall–Kier alpha value is -1.81. The van der Waals surface area contributed by atoms with Crippen molar-refractivity contribution in [3.8, 4) is 0 Å². The van der Waals surface area contributed by atoms with Crippen molar-refractivity contribution in [1.29, 1.82) is 0 Å². The lowest BCUT2D eigenvalue weighted by atomic mass is 10.1. The standard InChI is InChI=1S/C17H19BrN2O/c1-12-3-4-13(2)16(11-12)20-17(21)19-10-9-14-5-7-15(18)8-6-14/h3-8,11H,9-10H2,1-2H3,(H2,19,20,21). The first-order valence-corrected chi connectivity index (χ1v) is 7.70. The Balaban J connectivity index is 1.82. The molecule has 2 aromatic carbocycles. The molecule has 110 valence electrons. The smallest absolute Gasteiger partial charge is 0.319 e. The van der Waals surface area contributed by atoms with E-state index in [-0.39, 0.29) is 6.03 Å². The first-order valence-electron chi connectivity index (χ1n) is 6.91. The minimum atomic E-state index is -0.166. The average molecular weight is 347 g/mol. The predicted molar refractivity (Wildman–Crippen MR) is 90.8 cm³/mol. The SMILES string of the molecule is Cc1ccc(C)c(NC(=O)NCCc2ccc(Br)cc2)c1. The molecule has 0 unspecified atom stereocenters. The van der Waals surface area contributed by atoms with E-state index in [0.29, 0.717) is 6.54 Å². The molecule has 0 saturated carbocycles. The highest BCUT2D eigenvalue weighted by Gasteiger charge is 2.04. The molecule has 0 fully saturated rings. The molecule has 21 heavy (non-hydrogen) atoms. The highest BCUT2D eigenvalue weighted by molar-refractivity contribution is 9.10. The second-order valence-corrected chi connectivity index (χ2v) is 5.99. The lowest BCUT2D eigenvalue weighted by Gasteiger charge is -2.10. The summed E-state index contributed by atoms with van der Waals surface area (Å²) in [5, 5.41) is 5.77. The van der Waals surface area contributed by atoms with Gasteiger partial charge in [-0.05, 0) is 55.2 Å². The van der Waals surface area contributed by atoms with Crippen molar-refractivity contribution in [3.05, 3.63) is 63.6 Å². The second kappa shape index (κ2) is 7.27. The zero-order valence-corrected chi connectivity index (χ0v) is 13.8. The number of urea groups is 1. The van der Waals surface area contributed by atoms with E-state index >= 15 is 0 Å². The van der Waals surface area contributed by atoms with Crippen LogP contribution in [0.3, 0.4) is 0 Å². The van der Waals surface area contributed by atoms with Gasteiger partial charge in [0.25, 0.3) is 0 Å². The van der Waals surface area contributed by atoms with Gasteiger partial charge in [-0.3, -0.25) is 0 Å². The van der Waals surface area contributed by atoms with Gasteiger partial charge in [0.2, 0.25) is 0 Å². The highest BCUT2D eigenvalue weighted by Crippen LogP contribution is 2.16. The maximum atomic E-state index is 11.9. The van der Waals surface area contributed by atoms with E-state index in [9.17, 15) is 4.79 Å². The van der Waals surface area contributed by atoms with Crippen LogP contribution in [0.5, 0.6) is 0 Å². The summed E-state index contributed by atoms with van der Waals surface area (Å²) in [6.07, 6.45) is 0.813. The first kappa shape index (κ1) is 15.6. The molecule has 0 heterocycles. The number of carbonyl (C=O) groups excluding carboxylic acids is 1. The third-order valence-electron chi connectivity index (χ3n) is 3.25. The number of carbonyl (C=O) groups is 1. The van der Waals surface area contributed by atoms with Crippen molar-refractivity contribution >= 4 is 27.6 Å². The Morgan fingerprint density at radius 1 is 1.10 bits per heavy atom. The van der Waals surface area contributed by atoms with E-state index in [0.717, 1.165) is 27.7 Å². The molecule has 2 rings (SSSR count). The molecule has 0 radical (unpaired) electrons. The van der Waals surface area contributed by atoms with E-state index in [1.54, 1.807) is 0 Å². The molecule has 0 aliphatic carbocycles. The highest BCUT2D eigenvalue weighted by atomic mass is 79.9. The number of nitrogens with one attached hydrogen (secondary N) is 2. The van der Waals surface area contributed by atoms with Gasteiger partial charge in [-0.25, -0.2) is 4.79 Å². The van der Waals surface area contributed by atoms with Crippen molar-refractivity contribution in [2.75, 3.05) is 11.9 Å². The molecule has 2 amide bonds. The van der Waals surface area contributed by atoms with Crippen LogP contribution in [-0.4, -0.2) is 12.6 Å². The van der Waals surface area contributed by atoms with Gasteiger partial charge in [0.1, 0.15) is 0 Å². The van der Waals surface area contributed by atoms with Gasteiger partial charge in [0.15, 0.2) is 0 Å². The number of aryl methyl sites for hydroxylation is 2. The minimum absolute atomic E-state index is 0.166. The molecule has 2 N–H and O–H groups in total. The molecule has 0 aromatic heterocycles. The van der Waals surface area contributed by atoms with Gasteiger partial charge in [-0.15, -0.1) is 0 Å². The monoisotopic (exact) mass is 346 g/mol. The number of anilines is 1. The second-order valence-electron chi connectivity index (χ2n) is 5.08.